The Labute approximate surface area is 184 Å². The molecule has 2 aromatic carbocycles. The number of furan rings is 1. The van der Waals surface area contributed by atoms with Crippen molar-refractivity contribution in [1.29, 1.82) is 0 Å². The minimum Gasteiger partial charge on any atom is -0.446 e. The van der Waals surface area contributed by atoms with Crippen LogP contribution < -0.4 is 10.9 Å². The molecule has 0 aliphatic rings. The van der Waals surface area contributed by atoms with Gasteiger partial charge in [-0.25, -0.2) is 19.6 Å². The molecule has 0 saturated carbocycles. The van der Waals surface area contributed by atoms with Gasteiger partial charge in [0.2, 0.25) is 0 Å². The van der Waals surface area contributed by atoms with E-state index in [0.717, 1.165) is 12.4 Å². The number of nitrogens with one attached hydrogen (secondary N) is 2. The zero-order valence-electron chi connectivity index (χ0n) is 15.4. The average Bonchev–Trinajstić information content (AvgIpc) is 3.23. The lowest BCUT2D eigenvalue weighted by Gasteiger charge is -2.00. The Morgan fingerprint density at radius 2 is 1.19 bits per heavy atom. The number of rotatable bonds is 6. The van der Waals surface area contributed by atoms with Crippen LogP contribution in [-0.2, 0) is 0 Å². The first-order valence-electron chi connectivity index (χ1n) is 8.51. The number of benzene rings is 2. The van der Waals surface area contributed by atoms with Crippen molar-refractivity contribution < 1.29 is 22.8 Å². The third-order valence-corrected chi connectivity index (χ3v) is 4.43. The van der Waals surface area contributed by atoms with E-state index < -0.39 is 23.4 Å². The van der Waals surface area contributed by atoms with E-state index >= 15 is 0 Å². The van der Waals surface area contributed by atoms with Crippen LogP contribution in [0.15, 0.2) is 63.2 Å². The van der Waals surface area contributed by atoms with E-state index in [1.165, 1.54) is 48.5 Å². The van der Waals surface area contributed by atoms with Crippen molar-refractivity contribution in [3.8, 4) is 0 Å². The molecular weight excluding hydrogens is 453 g/mol. The molecule has 0 atom stereocenters. The van der Waals surface area contributed by atoms with Crippen LogP contribution in [0.25, 0.3) is 0 Å². The normalized spacial score (nSPS) is 11.2. The van der Waals surface area contributed by atoms with Gasteiger partial charge >= 0.3 is 11.8 Å². The summed E-state index contributed by atoms with van der Waals surface area (Å²) in [6.45, 7) is 0. The van der Waals surface area contributed by atoms with Gasteiger partial charge in [0.1, 0.15) is 11.6 Å². The molecule has 0 spiro atoms. The summed E-state index contributed by atoms with van der Waals surface area (Å²) >= 11 is 11.7. The largest absolute Gasteiger partial charge is 0.446 e. The zero-order chi connectivity index (χ0) is 22.4. The van der Waals surface area contributed by atoms with Gasteiger partial charge in [-0.05, 0) is 36.4 Å². The van der Waals surface area contributed by atoms with E-state index in [0.29, 0.717) is 0 Å². The molecule has 0 radical (unpaired) electrons. The van der Waals surface area contributed by atoms with Gasteiger partial charge in [-0.15, -0.1) is 0 Å². The molecule has 1 aromatic heterocycles. The molecule has 0 saturated heterocycles. The number of carbonyl (C=O) groups is 2. The van der Waals surface area contributed by atoms with E-state index in [1.54, 1.807) is 0 Å². The molecule has 7 nitrogen and oxygen atoms in total. The van der Waals surface area contributed by atoms with E-state index in [4.69, 9.17) is 27.6 Å². The molecule has 2 N–H and O–H groups in total. The van der Waals surface area contributed by atoms with E-state index in [9.17, 15) is 18.4 Å². The van der Waals surface area contributed by atoms with Crippen molar-refractivity contribution >= 4 is 47.4 Å². The maximum Gasteiger partial charge on any atom is 0.307 e. The summed E-state index contributed by atoms with van der Waals surface area (Å²) in [5.41, 5.74) is 4.24. The molecule has 3 rings (SSSR count). The van der Waals surface area contributed by atoms with Crippen LogP contribution in [0.3, 0.4) is 0 Å². The van der Waals surface area contributed by atoms with Crippen LogP contribution in [0.1, 0.15) is 32.2 Å². The molecule has 31 heavy (non-hydrogen) atoms. The van der Waals surface area contributed by atoms with Crippen molar-refractivity contribution in [3.05, 3.63) is 92.9 Å². The van der Waals surface area contributed by atoms with Gasteiger partial charge < -0.3 is 4.42 Å². The lowest BCUT2D eigenvalue weighted by molar-refractivity contribution is 0.0902. The fourth-order valence-electron chi connectivity index (χ4n) is 2.27. The Kier molecular flexibility index (Phi) is 7.11. The number of hydrogen-bond donors (Lipinski definition) is 2. The summed E-state index contributed by atoms with van der Waals surface area (Å²) < 4.78 is 32.4. The van der Waals surface area contributed by atoms with Gasteiger partial charge in [-0.3, -0.25) is 9.59 Å². The molecule has 2 amide bonds. The highest BCUT2D eigenvalue weighted by molar-refractivity contribution is 6.33. The Morgan fingerprint density at radius 3 is 1.58 bits per heavy atom. The van der Waals surface area contributed by atoms with Gasteiger partial charge in [0.05, 0.1) is 22.5 Å². The Hall–Kier alpha value is -3.56. The molecule has 158 valence electrons. The first-order valence-corrected chi connectivity index (χ1v) is 9.27. The van der Waals surface area contributed by atoms with Crippen molar-refractivity contribution in [2.45, 2.75) is 0 Å². The van der Waals surface area contributed by atoms with Crippen molar-refractivity contribution in [1.82, 2.24) is 10.9 Å². The standard InChI is InChI=1S/C20H12Cl2F2N4O3/c21-13-3-1-5-15(23)11(13)9-25-27-19(29)17-7-8-18(31-17)20(30)28-26-10-12-14(22)4-2-6-16(12)24/h1-10H,(H,27,29)(H,28,30)/b25-9+,26-10+. The second-order valence-corrected chi connectivity index (χ2v) is 6.65. The highest BCUT2D eigenvalue weighted by Gasteiger charge is 2.15. The average molecular weight is 465 g/mol. The molecule has 11 heteroatoms. The van der Waals surface area contributed by atoms with E-state index in [1.807, 2.05) is 0 Å². The summed E-state index contributed by atoms with van der Waals surface area (Å²) in [5.74, 6) is -3.26. The second kappa shape index (κ2) is 9.96. The first kappa shape index (κ1) is 22.1. The number of hydrogen-bond acceptors (Lipinski definition) is 5. The van der Waals surface area contributed by atoms with Gasteiger partial charge in [-0.2, -0.15) is 10.2 Å². The molecule has 0 unspecified atom stereocenters. The number of halogens is 4. The lowest BCUT2D eigenvalue weighted by atomic mass is 10.2. The predicted molar refractivity (Wildman–Crippen MR) is 112 cm³/mol. The maximum absolute atomic E-state index is 13.7. The molecule has 0 bridgehead atoms. The van der Waals surface area contributed by atoms with Crippen LogP contribution >= 0.6 is 23.2 Å². The SMILES string of the molecule is O=C(N/N=C/c1c(F)cccc1Cl)c1ccc(C(=O)N/N=C/c2c(F)cccc2Cl)o1. The molecule has 1 heterocycles. The summed E-state index contributed by atoms with van der Waals surface area (Å²) in [7, 11) is 0. The number of amides is 2. The quantitative estimate of drug-likeness (QED) is 0.418. The molecule has 0 aliphatic carbocycles. The van der Waals surface area contributed by atoms with Crippen LogP contribution in [-0.4, -0.2) is 24.2 Å². The number of nitrogens with zero attached hydrogens (tertiary/aromatic N) is 2. The summed E-state index contributed by atoms with van der Waals surface area (Å²) in [5, 5.41) is 7.46. The Balaban J connectivity index is 1.60. The molecule has 0 fully saturated rings. The van der Waals surface area contributed by atoms with Gasteiger partial charge in [0.25, 0.3) is 0 Å². The highest BCUT2D eigenvalue weighted by Crippen LogP contribution is 2.17. The predicted octanol–water partition coefficient (Wildman–Crippen LogP) is 4.39. The van der Waals surface area contributed by atoms with Crippen LogP contribution in [0, 0.1) is 11.6 Å². The van der Waals surface area contributed by atoms with Crippen LogP contribution in [0.5, 0.6) is 0 Å². The van der Waals surface area contributed by atoms with Gasteiger partial charge in [0, 0.05) is 11.1 Å². The number of hydrazone groups is 2. The summed E-state index contributed by atoms with van der Waals surface area (Å²) in [6.07, 6.45) is 2.07. The fraction of sp³-hybridized carbons (Fsp3) is 0. The summed E-state index contributed by atoms with van der Waals surface area (Å²) in [6, 6.07) is 10.6. The van der Waals surface area contributed by atoms with E-state index in [-0.39, 0.29) is 32.7 Å². The van der Waals surface area contributed by atoms with Crippen molar-refractivity contribution in [3.63, 3.8) is 0 Å². The Bertz CT molecular complexity index is 1060. The highest BCUT2D eigenvalue weighted by atomic mass is 35.5. The molecule has 3 aromatic rings. The lowest BCUT2D eigenvalue weighted by Crippen LogP contribution is -2.18. The van der Waals surface area contributed by atoms with Gasteiger partial charge in [0.15, 0.2) is 11.5 Å². The van der Waals surface area contributed by atoms with Crippen LogP contribution in [0.2, 0.25) is 10.0 Å². The topological polar surface area (TPSA) is 96.1 Å². The van der Waals surface area contributed by atoms with Crippen molar-refractivity contribution in [2.75, 3.05) is 0 Å². The maximum atomic E-state index is 13.7. The minimum atomic E-state index is -0.788. The van der Waals surface area contributed by atoms with E-state index in [2.05, 4.69) is 21.1 Å². The second-order valence-electron chi connectivity index (χ2n) is 5.83. The zero-order valence-corrected chi connectivity index (χ0v) is 16.9. The minimum absolute atomic E-state index is 0.00297. The van der Waals surface area contributed by atoms with Gasteiger partial charge in [-0.1, -0.05) is 35.3 Å². The molecule has 0 aliphatic heterocycles. The fourth-order valence-corrected chi connectivity index (χ4v) is 2.69. The smallest absolute Gasteiger partial charge is 0.307 e. The number of carbonyl (C=O) groups excluding carboxylic acids is 2. The molecular formula is C20H12Cl2F2N4O3. The van der Waals surface area contributed by atoms with Crippen molar-refractivity contribution in [2.24, 2.45) is 10.2 Å². The monoisotopic (exact) mass is 464 g/mol. The summed E-state index contributed by atoms with van der Waals surface area (Å²) in [4.78, 5) is 24.1. The third kappa shape index (κ3) is 5.53. The third-order valence-electron chi connectivity index (χ3n) is 3.77. The first-order chi connectivity index (χ1) is 14.9. The van der Waals surface area contributed by atoms with Crippen LogP contribution in [0.4, 0.5) is 8.78 Å². The Morgan fingerprint density at radius 1 is 0.774 bits per heavy atom.